The predicted octanol–water partition coefficient (Wildman–Crippen LogP) is 2.38. The van der Waals surface area contributed by atoms with Gasteiger partial charge in [0.2, 0.25) is 0 Å². The standard InChI is InChI=1S/C11H9OS/c1-13(12)11-7-6-9-4-2-3-5-10(9)8-11/h3-8H,1H3. The average Bonchev–Trinajstić information content (AvgIpc) is 2.17. The summed E-state index contributed by atoms with van der Waals surface area (Å²) < 4.78 is 11.2. The van der Waals surface area contributed by atoms with Crippen LogP contribution in [0.3, 0.4) is 0 Å². The van der Waals surface area contributed by atoms with Crippen LogP contribution in [-0.4, -0.2) is 10.8 Å². The zero-order valence-electron chi connectivity index (χ0n) is 7.28. The van der Waals surface area contributed by atoms with Crippen molar-refractivity contribution in [2.24, 2.45) is 0 Å². The third-order valence-electron chi connectivity index (χ3n) is 1.99. The van der Waals surface area contributed by atoms with Gasteiger partial charge in [-0.15, -0.1) is 0 Å². The lowest BCUT2D eigenvalue weighted by Crippen LogP contribution is -1.96. The summed E-state index contributed by atoms with van der Waals surface area (Å²) in [6, 6.07) is 14.6. The molecule has 0 saturated heterocycles. The molecule has 0 aromatic heterocycles. The van der Waals surface area contributed by atoms with E-state index in [9.17, 15) is 4.55 Å². The number of hydrogen-bond acceptors (Lipinski definition) is 1. The first kappa shape index (κ1) is 8.60. The Labute approximate surface area is 80.6 Å². The Morgan fingerprint density at radius 2 is 2.08 bits per heavy atom. The average molecular weight is 189 g/mol. The van der Waals surface area contributed by atoms with E-state index in [0.29, 0.717) is 0 Å². The molecule has 2 rings (SSSR count). The summed E-state index contributed by atoms with van der Waals surface area (Å²) in [5.41, 5.74) is 0. The highest BCUT2D eigenvalue weighted by Gasteiger charge is 2.03. The molecule has 0 aliphatic carbocycles. The van der Waals surface area contributed by atoms with Gasteiger partial charge in [0, 0.05) is 6.07 Å². The van der Waals surface area contributed by atoms with E-state index in [0.717, 1.165) is 15.7 Å². The second-order valence-corrected chi connectivity index (χ2v) is 4.27. The highest BCUT2D eigenvalue weighted by molar-refractivity contribution is 7.90. The van der Waals surface area contributed by atoms with E-state index in [2.05, 4.69) is 6.07 Å². The van der Waals surface area contributed by atoms with Crippen LogP contribution in [0, 0.1) is 6.07 Å². The summed E-state index contributed by atoms with van der Waals surface area (Å²) in [6.45, 7) is 0. The van der Waals surface area contributed by atoms with Crippen LogP contribution in [0.4, 0.5) is 0 Å². The van der Waals surface area contributed by atoms with Crippen LogP contribution in [0.15, 0.2) is 41.3 Å². The zero-order valence-corrected chi connectivity index (χ0v) is 8.10. The minimum absolute atomic E-state index is 0.874. The first-order valence-electron chi connectivity index (χ1n) is 4.01. The molecular formula is C11H9OS. The quantitative estimate of drug-likeness (QED) is 0.632. The van der Waals surface area contributed by atoms with Gasteiger partial charge in [0.25, 0.3) is 0 Å². The molecule has 2 aromatic carbocycles. The molecule has 1 unspecified atom stereocenters. The third-order valence-corrected chi connectivity index (χ3v) is 2.91. The van der Waals surface area contributed by atoms with Crippen molar-refractivity contribution >= 4 is 21.9 Å². The van der Waals surface area contributed by atoms with Crippen molar-refractivity contribution < 1.29 is 4.55 Å². The molecule has 0 aliphatic heterocycles. The van der Waals surface area contributed by atoms with Crippen LogP contribution in [-0.2, 0) is 11.2 Å². The molecule has 1 nitrogen and oxygen atoms in total. The summed E-state index contributed by atoms with van der Waals surface area (Å²) in [7, 11) is 0. The van der Waals surface area contributed by atoms with Crippen molar-refractivity contribution in [3.05, 3.63) is 42.5 Å². The fourth-order valence-electron chi connectivity index (χ4n) is 1.28. The summed E-state index contributed by atoms with van der Waals surface area (Å²) in [5.74, 6) is 0. The van der Waals surface area contributed by atoms with E-state index in [1.54, 1.807) is 6.26 Å². The SMILES string of the molecule is C[S+]([O-])c1ccc2c[c]ccc2c1. The van der Waals surface area contributed by atoms with E-state index in [4.69, 9.17) is 0 Å². The number of fused-ring (bicyclic) bond motifs is 1. The van der Waals surface area contributed by atoms with Gasteiger partial charge < -0.3 is 4.55 Å². The maximum atomic E-state index is 11.2. The molecular weight excluding hydrogens is 180 g/mol. The Kier molecular flexibility index (Phi) is 2.25. The lowest BCUT2D eigenvalue weighted by molar-refractivity contribution is 0.601. The molecule has 1 atom stereocenters. The molecule has 1 radical (unpaired) electrons. The number of benzene rings is 2. The summed E-state index contributed by atoms with van der Waals surface area (Å²) in [5, 5.41) is 2.25. The topological polar surface area (TPSA) is 23.1 Å². The molecule has 0 amide bonds. The van der Waals surface area contributed by atoms with Crippen molar-refractivity contribution in [2.45, 2.75) is 4.90 Å². The maximum absolute atomic E-state index is 11.2. The van der Waals surface area contributed by atoms with E-state index >= 15 is 0 Å². The maximum Gasteiger partial charge on any atom is 0.153 e. The van der Waals surface area contributed by atoms with Gasteiger partial charge >= 0.3 is 0 Å². The Bertz CT molecular complexity index is 423. The second-order valence-electron chi connectivity index (χ2n) is 2.89. The summed E-state index contributed by atoms with van der Waals surface area (Å²) in [4.78, 5) is 0.874. The Morgan fingerprint density at radius 3 is 2.85 bits per heavy atom. The molecule has 65 valence electrons. The number of rotatable bonds is 1. The van der Waals surface area contributed by atoms with E-state index < -0.39 is 11.2 Å². The Hall–Kier alpha value is -0.990. The zero-order chi connectivity index (χ0) is 9.26. The lowest BCUT2D eigenvalue weighted by atomic mass is 10.1. The molecule has 2 aromatic rings. The molecule has 0 bridgehead atoms. The second kappa shape index (κ2) is 3.40. The van der Waals surface area contributed by atoms with E-state index in [-0.39, 0.29) is 0 Å². The molecule has 2 heteroatoms. The normalized spacial score (nSPS) is 13.1. The fourth-order valence-corrected chi connectivity index (χ4v) is 1.84. The van der Waals surface area contributed by atoms with Crippen molar-refractivity contribution in [3.8, 4) is 0 Å². The van der Waals surface area contributed by atoms with Gasteiger partial charge in [0.15, 0.2) is 4.90 Å². The highest BCUT2D eigenvalue weighted by atomic mass is 32.2. The van der Waals surface area contributed by atoms with Crippen molar-refractivity contribution in [3.63, 3.8) is 0 Å². The van der Waals surface area contributed by atoms with Crippen LogP contribution in [0.5, 0.6) is 0 Å². The highest BCUT2D eigenvalue weighted by Crippen LogP contribution is 2.18. The van der Waals surface area contributed by atoms with Crippen molar-refractivity contribution in [1.82, 2.24) is 0 Å². The fraction of sp³-hybridized carbons (Fsp3) is 0.0909. The van der Waals surface area contributed by atoms with Gasteiger partial charge in [0.05, 0.1) is 0 Å². The lowest BCUT2D eigenvalue weighted by Gasteiger charge is -2.04. The smallest absolute Gasteiger partial charge is 0.153 e. The van der Waals surface area contributed by atoms with Crippen LogP contribution < -0.4 is 0 Å². The van der Waals surface area contributed by atoms with Gasteiger partial charge in [-0.05, 0) is 46.2 Å². The first-order valence-corrected chi connectivity index (χ1v) is 5.56. The molecule has 0 spiro atoms. The minimum atomic E-state index is -0.895. The van der Waals surface area contributed by atoms with E-state index in [1.807, 2.05) is 36.4 Å². The molecule has 0 fully saturated rings. The van der Waals surface area contributed by atoms with Gasteiger partial charge in [-0.25, -0.2) is 0 Å². The largest absolute Gasteiger partial charge is 0.612 e. The first-order chi connectivity index (χ1) is 6.27. The van der Waals surface area contributed by atoms with Crippen molar-refractivity contribution in [1.29, 1.82) is 0 Å². The number of hydrogen-bond donors (Lipinski definition) is 0. The predicted molar refractivity (Wildman–Crippen MR) is 55.1 cm³/mol. The van der Waals surface area contributed by atoms with Crippen LogP contribution >= 0.6 is 0 Å². The summed E-state index contributed by atoms with van der Waals surface area (Å²) in [6.07, 6.45) is 1.69. The van der Waals surface area contributed by atoms with Crippen LogP contribution in [0.1, 0.15) is 0 Å². The molecule has 0 saturated carbocycles. The molecule has 0 heterocycles. The third kappa shape index (κ3) is 1.69. The van der Waals surface area contributed by atoms with Gasteiger partial charge in [-0.1, -0.05) is 12.1 Å². The minimum Gasteiger partial charge on any atom is -0.612 e. The van der Waals surface area contributed by atoms with Gasteiger partial charge in [-0.2, -0.15) is 0 Å². The monoisotopic (exact) mass is 189 g/mol. The summed E-state index contributed by atoms with van der Waals surface area (Å²) >= 11 is -0.895. The Morgan fingerprint density at radius 1 is 1.23 bits per heavy atom. The van der Waals surface area contributed by atoms with Gasteiger partial charge in [-0.3, -0.25) is 0 Å². The molecule has 0 N–H and O–H groups in total. The van der Waals surface area contributed by atoms with Gasteiger partial charge in [0.1, 0.15) is 6.26 Å². The Balaban J connectivity index is 2.62. The van der Waals surface area contributed by atoms with Crippen LogP contribution in [0.2, 0.25) is 0 Å². The van der Waals surface area contributed by atoms with E-state index in [1.165, 1.54) is 0 Å². The molecule has 0 aliphatic rings. The van der Waals surface area contributed by atoms with Crippen LogP contribution in [0.25, 0.3) is 10.8 Å². The van der Waals surface area contributed by atoms with Crippen molar-refractivity contribution in [2.75, 3.05) is 6.26 Å². The molecule has 13 heavy (non-hydrogen) atoms.